The van der Waals surface area contributed by atoms with Crippen LogP contribution in [0, 0.1) is 0 Å². The molecule has 0 heterocycles. The monoisotopic (exact) mass is 183 g/mol. The van der Waals surface area contributed by atoms with Crippen molar-refractivity contribution < 1.29 is 9.50 Å². The van der Waals surface area contributed by atoms with E-state index in [0.717, 1.165) is 5.56 Å². The molecule has 0 bridgehead atoms. The van der Waals surface area contributed by atoms with Crippen molar-refractivity contribution in [1.82, 2.24) is 0 Å². The van der Waals surface area contributed by atoms with Gasteiger partial charge in [0.25, 0.3) is 0 Å². The third-order valence-corrected chi connectivity index (χ3v) is 1.94. The van der Waals surface area contributed by atoms with Crippen molar-refractivity contribution in [2.75, 3.05) is 6.54 Å². The fourth-order valence-electron chi connectivity index (χ4n) is 1.10. The summed E-state index contributed by atoms with van der Waals surface area (Å²) in [7, 11) is 0. The summed E-state index contributed by atoms with van der Waals surface area (Å²) < 4.78 is 12.7. The second-order valence-electron chi connectivity index (χ2n) is 3.04. The molecule has 1 unspecified atom stereocenters. The lowest BCUT2D eigenvalue weighted by Crippen LogP contribution is -2.15. The van der Waals surface area contributed by atoms with Crippen LogP contribution in [0.2, 0.25) is 0 Å². The van der Waals surface area contributed by atoms with Gasteiger partial charge in [-0.1, -0.05) is 12.1 Å². The van der Waals surface area contributed by atoms with Crippen molar-refractivity contribution in [3.05, 3.63) is 29.8 Å². The van der Waals surface area contributed by atoms with Crippen LogP contribution in [0.3, 0.4) is 0 Å². The predicted octanol–water partition coefficient (Wildman–Crippen LogP) is 1.62. The largest absolute Gasteiger partial charge is 0.508 e. The summed E-state index contributed by atoms with van der Waals surface area (Å²) in [5.41, 5.74) is 6.17. The van der Waals surface area contributed by atoms with Crippen LogP contribution in [0.1, 0.15) is 12.0 Å². The molecule has 0 amide bonds. The maximum atomic E-state index is 12.7. The Kier molecular flexibility index (Phi) is 3.71. The van der Waals surface area contributed by atoms with E-state index in [9.17, 15) is 4.39 Å². The van der Waals surface area contributed by atoms with Crippen LogP contribution < -0.4 is 5.73 Å². The van der Waals surface area contributed by atoms with E-state index < -0.39 is 6.17 Å². The molecule has 0 spiro atoms. The molecule has 0 saturated heterocycles. The minimum atomic E-state index is -0.922. The third-order valence-electron chi connectivity index (χ3n) is 1.94. The molecule has 3 heteroatoms. The molecule has 0 radical (unpaired) electrons. The molecule has 1 atom stereocenters. The van der Waals surface area contributed by atoms with Gasteiger partial charge in [0.1, 0.15) is 11.9 Å². The van der Waals surface area contributed by atoms with Gasteiger partial charge in [-0.05, 0) is 30.5 Å². The van der Waals surface area contributed by atoms with E-state index in [1.165, 1.54) is 0 Å². The topological polar surface area (TPSA) is 46.2 Å². The van der Waals surface area contributed by atoms with Gasteiger partial charge in [0.05, 0.1) is 0 Å². The summed E-state index contributed by atoms with van der Waals surface area (Å²) in [5.74, 6) is 0.236. The molecule has 72 valence electrons. The molecular formula is C10H14FNO. The molecule has 0 aliphatic heterocycles. The minimum Gasteiger partial charge on any atom is -0.508 e. The quantitative estimate of drug-likeness (QED) is 0.745. The molecule has 0 fully saturated rings. The highest BCUT2D eigenvalue weighted by atomic mass is 19.1. The van der Waals surface area contributed by atoms with Crippen molar-refractivity contribution >= 4 is 0 Å². The van der Waals surface area contributed by atoms with Crippen LogP contribution in [0.5, 0.6) is 5.75 Å². The lowest BCUT2D eigenvalue weighted by Gasteiger charge is -2.04. The lowest BCUT2D eigenvalue weighted by molar-refractivity contribution is 0.323. The van der Waals surface area contributed by atoms with Crippen LogP contribution >= 0.6 is 0 Å². The zero-order valence-electron chi connectivity index (χ0n) is 7.41. The van der Waals surface area contributed by atoms with E-state index in [4.69, 9.17) is 10.8 Å². The second-order valence-corrected chi connectivity index (χ2v) is 3.04. The Labute approximate surface area is 77.2 Å². The van der Waals surface area contributed by atoms with Gasteiger partial charge in [0, 0.05) is 6.54 Å². The van der Waals surface area contributed by atoms with Gasteiger partial charge in [-0.2, -0.15) is 0 Å². The van der Waals surface area contributed by atoms with E-state index >= 15 is 0 Å². The van der Waals surface area contributed by atoms with E-state index in [0.29, 0.717) is 12.8 Å². The molecule has 3 N–H and O–H groups in total. The first-order valence-electron chi connectivity index (χ1n) is 4.34. The Bertz CT molecular complexity index is 248. The maximum Gasteiger partial charge on any atom is 0.115 e. The SMILES string of the molecule is NCC(F)CCc1ccc(O)cc1. The summed E-state index contributed by atoms with van der Waals surface area (Å²) in [5, 5.41) is 8.99. The van der Waals surface area contributed by atoms with Gasteiger partial charge in [-0.25, -0.2) is 4.39 Å². The van der Waals surface area contributed by atoms with Crippen molar-refractivity contribution in [3.8, 4) is 5.75 Å². The number of hydrogen-bond donors (Lipinski definition) is 2. The average molecular weight is 183 g/mol. The number of nitrogens with two attached hydrogens (primary N) is 1. The minimum absolute atomic E-state index is 0.0814. The fraction of sp³-hybridized carbons (Fsp3) is 0.400. The van der Waals surface area contributed by atoms with Gasteiger partial charge in [0.2, 0.25) is 0 Å². The molecule has 2 nitrogen and oxygen atoms in total. The number of phenolic OH excluding ortho intramolecular Hbond substituents is 1. The summed E-state index contributed by atoms with van der Waals surface area (Å²) >= 11 is 0. The third kappa shape index (κ3) is 3.42. The Balaban J connectivity index is 2.41. The molecular weight excluding hydrogens is 169 g/mol. The van der Waals surface area contributed by atoms with Crippen molar-refractivity contribution in [2.45, 2.75) is 19.0 Å². The Morgan fingerprint density at radius 3 is 2.46 bits per heavy atom. The van der Waals surface area contributed by atoms with E-state index in [1.807, 2.05) is 0 Å². The number of halogens is 1. The van der Waals surface area contributed by atoms with Gasteiger partial charge < -0.3 is 10.8 Å². The van der Waals surface area contributed by atoms with Gasteiger partial charge in [-0.3, -0.25) is 0 Å². The van der Waals surface area contributed by atoms with Crippen LogP contribution in [-0.4, -0.2) is 17.8 Å². The highest BCUT2D eigenvalue weighted by molar-refractivity contribution is 5.25. The number of aryl methyl sites for hydroxylation is 1. The first-order valence-corrected chi connectivity index (χ1v) is 4.34. The highest BCUT2D eigenvalue weighted by Crippen LogP contribution is 2.12. The van der Waals surface area contributed by atoms with E-state index in [2.05, 4.69) is 0 Å². The fourth-order valence-corrected chi connectivity index (χ4v) is 1.10. The van der Waals surface area contributed by atoms with Gasteiger partial charge in [0.15, 0.2) is 0 Å². The van der Waals surface area contributed by atoms with E-state index in [1.54, 1.807) is 24.3 Å². The van der Waals surface area contributed by atoms with Crippen LogP contribution in [0.15, 0.2) is 24.3 Å². The standard InChI is InChI=1S/C10H14FNO/c11-9(7-12)4-1-8-2-5-10(13)6-3-8/h2-3,5-6,9,13H,1,4,7,12H2. The predicted molar refractivity (Wildman–Crippen MR) is 50.4 cm³/mol. The first kappa shape index (κ1) is 9.99. The summed E-state index contributed by atoms with van der Waals surface area (Å²) in [6.45, 7) is 0.0814. The second kappa shape index (κ2) is 4.82. The summed E-state index contributed by atoms with van der Waals surface area (Å²) in [6.07, 6.45) is 0.189. The Morgan fingerprint density at radius 2 is 1.92 bits per heavy atom. The zero-order valence-corrected chi connectivity index (χ0v) is 7.41. The number of rotatable bonds is 4. The van der Waals surface area contributed by atoms with Crippen molar-refractivity contribution in [3.63, 3.8) is 0 Å². The number of hydrogen-bond acceptors (Lipinski definition) is 2. The Hall–Kier alpha value is -1.09. The molecule has 0 aromatic heterocycles. The molecule has 1 rings (SSSR count). The zero-order chi connectivity index (χ0) is 9.68. The van der Waals surface area contributed by atoms with Crippen LogP contribution in [0.25, 0.3) is 0 Å². The normalized spacial score (nSPS) is 12.8. The van der Waals surface area contributed by atoms with E-state index in [-0.39, 0.29) is 12.3 Å². The van der Waals surface area contributed by atoms with Crippen LogP contribution in [-0.2, 0) is 6.42 Å². The Morgan fingerprint density at radius 1 is 1.31 bits per heavy atom. The number of alkyl halides is 1. The molecule has 0 aliphatic carbocycles. The number of aromatic hydroxyl groups is 1. The molecule has 0 aliphatic rings. The number of phenols is 1. The maximum absolute atomic E-state index is 12.7. The molecule has 1 aromatic rings. The van der Waals surface area contributed by atoms with Gasteiger partial charge >= 0.3 is 0 Å². The van der Waals surface area contributed by atoms with Crippen LogP contribution in [0.4, 0.5) is 4.39 Å². The number of benzene rings is 1. The first-order chi connectivity index (χ1) is 6.22. The molecule has 0 saturated carbocycles. The lowest BCUT2D eigenvalue weighted by atomic mass is 10.1. The summed E-state index contributed by atoms with van der Waals surface area (Å²) in [6, 6.07) is 6.78. The highest BCUT2D eigenvalue weighted by Gasteiger charge is 2.03. The smallest absolute Gasteiger partial charge is 0.115 e. The van der Waals surface area contributed by atoms with Crippen molar-refractivity contribution in [2.24, 2.45) is 5.73 Å². The average Bonchev–Trinajstić information content (AvgIpc) is 2.16. The van der Waals surface area contributed by atoms with Crippen molar-refractivity contribution in [1.29, 1.82) is 0 Å². The summed E-state index contributed by atoms with van der Waals surface area (Å²) in [4.78, 5) is 0. The molecule has 13 heavy (non-hydrogen) atoms. The van der Waals surface area contributed by atoms with Gasteiger partial charge in [-0.15, -0.1) is 0 Å². The molecule has 1 aromatic carbocycles.